The van der Waals surface area contributed by atoms with Gasteiger partial charge in [-0.15, -0.1) is 0 Å². The molecule has 0 spiro atoms. The van der Waals surface area contributed by atoms with E-state index in [2.05, 4.69) is 31.9 Å². The standard InChI is InChI=1S/C15H11Br2ClO3/c1-20-12-6-4-9(15(21-2)13(12)17)14(19)10-7-8(16)3-5-11(10)18/h3-7H,1-2H3. The topological polar surface area (TPSA) is 35.5 Å². The van der Waals surface area contributed by atoms with Gasteiger partial charge in [-0.1, -0.05) is 27.5 Å². The first-order valence-electron chi connectivity index (χ1n) is 5.89. The van der Waals surface area contributed by atoms with Crippen LogP contribution in [0.25, 0.3) is 0 Å². The Labute approximate surface area is 144 Å². The molecule has 0 N–H and O–H groups in total. The monoisotopic (exact) mass is 432 g/mol. The van der Waals surface area contributed by atoms with Gasteiger partial charge in [-0.05, 0) is 46.3 Å². The SMILES string of the molecule is COc1ccc(C(=O)c2cc(Br)ccc2Cl)c(OC)c1Br. The van der Waals surface area contributed by atoms with Gasteiger partial charge in [-0.3, -0.25) is 4.79 Å². The van der Waals surface area contributed by atoms with Crippen molar-refractivity contribution in [3.8, 4) is 11.5 Å². The van der Waals surface area contributed by atoms with E-state index in [0.717, 1.165) is 4.47 Å². The number of benzene rings is 2. The number of methoxy groups -OCH3 is 2. The van der Waals surface area contributed by atoms with Crippen molar-refractivity contribution in [1.82, 2.24) is 0 Å². The van der Waals surface area contributed by atoms with Crippen LogP contribution < -0.4 is 9.47 Å². The predicted octanol–water partition coefficient (Wildman–Crippen LogP) is 5.11. The Bertz CT molecular complexity index is 702. The van der Waals surface area contributed by atoms with E-state index >= 15 is 0 Å². The minimum atomic E-state index is -0.221. The van der Waals surface area contributed by atoms with E-state index in [1.807, 2.05) is 0 Å². The number of carbonyl (C=O) groups is 1. The van der Waals surface area contributed by atoms with Crippen molar-refractivity contribution in [2.45, 2.75) is 0 Å². The zero-order chi connectivity index (χ0) is 15.6. The summed E-state index contributed by atoms with van der Waals surface area (Å²) in [7, 11) is 3.05. The summed E-state index contributed by atoms with van der Waals surface area (Å²) >= 11 is 12.8. The third kappa shape index (κ3) is 3.25. The van der Waals surface area contributed by atoms with Crippen LogP contribution in [0.5, 0.6) is 11.5 Å². The highest BCUT2D eigenvalue weighted by Gasteiger charge is 2.21. The molecule has 6 heteroatoms. The van der Waals surface area contributed by atoms with Crippen LogP contribution >= 0.6 is 43.5 Å². The molecule has 0 amide bonds. The molecule has 21 heavy (non-hydrogen) atoms. The van der Waals surface area contributed by atoms with Gasteiger partial charge in [0.25, 0.3) is 0 Å². The van der Waals surface area contributed by atoms with E-state index in [-0.39, 0.29) is 5.78 Å². The lowest BCUT2D eigenvalue weighted by atomic mass is 10.0. The maximum absolute atomic E-state index is 12.7. The molecular formula is C15H11Br2ClO3. The Morgan fingerprint density at radius 1 is 1.05 bits per heavy atom. The number of ether oxygens (including phenoxy) is 2. The Morgan fingerprint density at radius 3 is 2.38 bits per heavy atom. The van der Waals surface area contributed by atoms with E-state index in [1.54, 1.807) is 37.4 Å². The molecule has 0 fully saturated rings. The van der Waals surface area contributed by atoms with Crippen LogP contribution in [-0.4, -0.2) is 20.0 Å². The minimum Gasteiger partial charge on any atom is -0.495 e. The molecule has 0 saturated heterocycles. The normalized spacial score (nSPS) is 10.3. The van der Waals surface area contributed by atoms with Crippen LogP contribution in [0, 0.1) is 0 Å². The van der Waals surface area contributed by atoms with Crippen molar-refractivity contribution in [1.29, 1.82) is 0 Å². The minimum absolute atomic E-state index is 0.221. The average molecular weight is 435 g/mol. The third-order valence-corrected chi connectivity index (χ3v) is 4.48. The van der Waals surface area contributed by atoms with E-state index in [4.69, 9.17) is 21.1 Å². The van der Waals surface area contributed by atoms with Gasteiger partial charge in [-0.2, -0.15) is 0 Å². The van der Waals surface area contributed by atoms with Gasteiger partial charge in [0.1, 0.15) is 16.0 Å². The summed E-state index contributed by atoms with van der Waals surface area (Å²) in [4.78, 5) is 12.7. The average Bonchev–Trinajstić information content (AvgIpc) is 2.48. The smallest absolute Gasteiger partial charge is 0.198 e. The lowest BCUT2D eigenvalue weighted by Gasteiger charge is -2.13. The Balaban J connectivity index is 2.58. The Kier molecular flexibility index (Phi) is 5.30. The van der Waals surface area contributed by atoms with Crippen molar-refractivity contribution in [3.63, 3.8) is 0 Å². The maximum atomic E-state index is 12.7. The molecule has 2 aromatic rings. The Morgan fingerprint density at radius 2 is 1.76 bits per heavy atom. The number of hydrogen-bond acceptors (Lipinski definition) is 3. The molecule has 0 saturated carbocycles. The van der Waals surface area contributed by atoms with E-state index in [1.165, 1.54) is 7.11 Å². The summed E-state index contributed by atoms with van der Waals surface area (Å²) in [5.41, 5.74) is 0.812. The molecular weight excluding hydrogens is 423 g/mol. The second-order valence-corrected chi connectivity index (χ2v) is 6.23. The second-order valence-electron chi connectivity index (χ2n) is 4.12. The molecule has 0 unspecified atom stereocenters. The zero-order valence-corrected chi connectivity index (χ0v) is 15.2. The van der Waals surface area contributed by atoms with Crippen molar-refractivity contribution >= 4 is 49.2 Å². The van der Waals surface area contributed by atoms with Gasteiger partial charge in [0.15, 0.2) is 5.78 Å². The molecule has 0 atom stereocenters. The maximum Gasteiger partial charge on any atom is 0.198 e. The van der Waals surface area contributed by atoms with Gasteiger partial charge < -0.3 is 9.47 Å². The molecule has 0 aromatic heterocycles. The molecule has 0 aliphatic carbocycles. The van der Waals surface area contributed by atoms with E-state index in [9.17, 15) is 4.79 Å². The fourth-order valence-electron chi connectivity index (χ4n) is 1.89. The Hall–Kier alpha value is -1.04. The quantitative estimate of drug-likeness (QED) is 0.627. The number of halogens is 3. The van der Waals surface area contributed by atoms with Crippen molar-refractivity contribution in [2.75, 3.05) is 14.2 Å². The van der Waals surface area contributed by atoms with Gasteiger partial charge in [0.05, 0.1) is 24.8 Å². The predicted molar refractivity (Wildman–Crippen MR) is 89.8 cm³/mol. The highest BCUT2D eigenvalue weighted by Crippen LogP contribution is 2.38. The first-order chi connectivity index (χ1) is 9.99. The van der Waals surface area contributed by atoms with Crippen LogP contribution in [0.1, 0.15) is 15.9 Å². The number of ketones is 1. The lowest BCUT2D eigenvalue weighted by Crippen LogP contribution is -2.06. The summed E-state index contributed by atoms with van der Waals surface area (Å²) in [5.74, 6) is 0.778. The molecule has 0 aliphatic rings. The molecule has 3 nitrogen and oxygen atoms in total. The first-order valence-corrected chi connectivity index (χ1v) is 7.86. The van der Waals surface area contributed by atoms with Gasteiger partial charge >= 0.3 is 0 Å². The molecule has 2 aromatic carbocycles. The first kappa shape index (κ1) is 16.3. The van der Waals surface area contributed by atoms with Crippen LogP contribution in [0.15, 0.2) is 39.3 Å². The highest BCUT2D eigenvalue weighted by atomic mass is 79.9. The summed E-state index contributed by atoms with van der Waals surface area (Å²) in [5, 5.41) is 0.386. The van der Waals surface area contributed by atoms with Gasteiger partial charge in [-0.25, -0.2) is 0 Å². The van der Waals surface area contributed by atoms with Crippen LogP contribution in [0.3, 0.4) is 0 Å². The molecule has 2 rings (SSSR count). The second kappa shape index (κ2) is 6.81. The zero-order valence-electron chi connectivity index (χ0n) is 11.2. The number of carbonyl (C=O) groups excluding carboxylic acids is 1. The fourth-order valence-corrected chi connectivity index (χ4v) is 3.12. The van der Waals surface area contributed by atoms with E-state index < -0.39 is 0 Å². The third-order valence-electron chi connectivity index (χ3n) is 2.90. The summed E-state index contributed by atoms with van der Waals surface area (Å²) in [6.45, 7) is 0. The van der Waals surface area contributed by atoms with E-state index in [0.29, 0.717) is 32.1 Å². The molecule has 0 bridgehead atoms. The summed E-state index contributed by atoms with van der Waals surface area (Å²) in [6, 6.07) is 8.49. The van der Waals surface area contributed by atoms with Crippen molar-refractivity contribution < 1.29 is 14.3 Å². The summed E-state index contributed by atoms with van der Waals surface area (Å²) < 4.78 is 11.9. The molecule has 0 aliphatic heterocycles. The van der Waals surface area contributed by atoms with Crippen LogP contribution in [-0.2, 0) is 0 Å². The number of hydrogen-bond donors (Lipinski definition) is 0. The lowest BCUT2D eigenvalue weighted by molar-refractivity contribution is 0.103. The van der Waals surface area contributed by atoms with Crippen LogP contribution in [0.4, 0.5) is 0 Å². The molecule has 0 radical (unpaired) electrons. The molecule has 0 heterocycles. The van der Waals surface area contributed by atoms with Crippen molar-refractivity contribution in [3.05, 3.63) is 55.4 Å². The molecule has 110 valence electrons. The van der Waals surface area contributed by atoms with Crippen LogP contribution in [0.2, 0.25) is 5.02 Å². The van der Waals surface area contributed by atoms with Gasteiger partial charge in [0.2, 0.25) is 0 Å². The largest absolute Gasteiger partial charge is 0.495 e. The highest BCUT2D eigenvalue weighted by molar-refractivity contribution is 9.11. The fraction of sp³-hybridized carbons (Fsp3) is 0.133. The number of rotatable bonds is 4. The van der Waals surface area contributed by atoms with Gasteiger partial charge in [0, 0.05) is 10.0 Å². The summed E-state index contributed by atoms with van der Waals surface area (Å²) in [6.07, 6.45) is 0. The van der Waals surface area contributed by atoms with Crippen molar-refractivity contribution in [2.24, 2.45) is 0 Å².